The molecule has 3 aromatic rings. The number of nitrogens with one attached hydrogen (secondary N) is 1. The maximum absolute atomic E-state index is 12.5. The summed E-state index contributed by atoms with van der Waals surface area (Å²) in [5.41, 5.74) is 2.42. The van der Waals surface area contributed by atoms with Crippen LogP contribution in [-0.2, 0) is 4.74 Å². The molecule has 1 N–H and O–H groups in total. The number of fused-ring (bicyclic) bond motifs is 3. The summed E-state index contributed by atoms with van der Waals surface area (Å²) in [6.45, 7) is 5.36. The van der Waals surface area contributed by atoms with Crippen molar-refractivity contribution >= 4 is 22.4 Å². The van der Waals surface area contributed by atoms with Gasteiger partial charge in [-0.1, -0.05) is 12.5 Å². The molecule has 0 radical (unpaired) electrons. The number of ether oxygens (including phenoxy) is 2. The van der Waals surface area contributed by atoms with Crippen LogP contribution in [0.15, 0.2) is 42.6 Å². The average molecular weight is 366 g/mol. The highest BCUT2D eigenvalue weighted by Crippen LogP contribution is 2.31. The molecule has 0 amide bonds. The van der Waals surface area contributed by atoms with Crippen LogP contribution in [0.5, 0.6) is 5.75 Å². The van der Waals surface area contributed by atoms with E-state index in [2.05, 4.69) is 12.2 Å². The Labute approximate surface area is 159 Å². The topological polar surface area (TPSA) is 52.0 Å². The second kappa shape index (κ2) is 7.61. The van der Waals surface area contributed by atoms with Crippen LogP contribution in [0.25, 0.3) is 16.4 Å². The molecule has 4 rings (SSSR count). The molecular weight excluding hydrogens is 340 g/mol. The molecule has 5 heteroatoms. The van der Waals surface area contributed by atoms with Gasteiger partial charge in [0.2, 0.25) is 0 Å². The van der Waals surface area contributed by atoms with Crippen molar-refractivity contribution in [3.05, 3.63) is 48.2 Å². The quantitative estimate of drug-likeness (QED) is 0.688. The minimum atomic E-state index is -0.287. The maximum atomic E-state index is 12.5. The summed E-state index contributed by atoms with van der Waals surface area (Å²) >= 11 is 0. The number of carbonyl (C=O) groups excluding carboxylic acids is 1. The van der Waals surface area contributed by atoms with E-state index in [0.29, 0.717) is 18.2 Å². The lowest BCUT2D eigenvalue weighted by atomic mass is 10.0. The van der Waals surface area contributed by atoms with E-state index in [1.165, 1.54) is 12.8 Å². The van der Waals surface area contributed by atoms with E-state index >= 15 is 0 Å². The third kappa shape index (κ3) is 3.39. The zero-order chi connectivity index (χ0) is 18.8. The second-order valence-electron chi connectivity index (χ2n) is 7.11. The fraction of sp³-hybridized carbons (Fsp3) is 0.409. The standard InChI is InChI=1S/C22H26N2O3/c1-3-26-22(25)21-17-11-10-16(27-15(2)18-8-4-6-12-23-18)14-20(17)24-13-7-5-9-19(21)24/h5,7,9-11,13-15,18,23H,3-4,6,8,12H2,1-2H3. The van der Waals surface area contributed by atoms with Crippen molar-refractivity contribution in [3.63, 3.8) is 0 Å². The van der Waals surface area contributed by atoms with E-state index in [1.807, 2.05) is 53.9 Å². The van der Waals surface area contributed by atoms with Crippen LogP contribution in [0.2, 0.25) is 0 Å². The van der Waals surface area contributed by atoms with Crippen molar-refractivity contribution in [3.8, 4) is 5.75 Å². The smallest absolute Gasteiger partial charge is 0.340 e. The first-order valence-electron chi connectivity index (χ1n) is 9.79. The van der Waals surface area contributed by atoms with Gasteiger partial charge in [-0.2, -0.15) is 0 Å². The van der Waals surface area contributed by atoms with Gasteiger partial charge >= 0.3 is 5.97 Å². The van der Waals surface area contributed by atoms with Crippen molar-refractivity contribution in [2.75, 3.05) is 13.2 Å². The van der Waals surface area contributed by atoms with Crippen LogP contribution in [-0.4, -0.2) is 35.7 Å². The van der Waals surface area contributed by atoms with Gasteiger partial charge in [0.05, 0.1) is 23.2 Å². The lowest BCUT2D eigenvalue weighted by Crippen LogP contribution is -2.44. The fourth-order valence-corrected chi connectivity index (χ4v) is 3.98. The number of aromatic nitrogens is 1. The molecule has 2 unspecified atom stereocenters. The van der Waals surface area contributed by atoms with Gasteiger partial charge in [-0.3, -0.25) is 0 Å². The van der Waals surface area contributed by atoms with E-state index in [0.717, 1.165) is 35.1 Å². The van der Waals surface area contributed by atoms with Gasteiger partial charge in [-0.05, 0) is 57.5 Å². The van der Waals surface area contributed by atoms with Gasteiger partial charge in [0.25, 0.3) is 0 Å². The zero-order valence-corrected chi connectivity index (χ0v) is 15.9. The van der Waals surface area contributed by atoms with Crippen LogP contribution in [0.3, 0.4) is 0 Å². The molecule has 1 fully saturated rings. The highest BCUT2D eigenvalue weighted by atomic mass is 16.5. The summed E-state index contributed by atoms with van der Waals surface area (Å²) in [5.74, 6) is 0.533. The Morgan fingerprint density at radius 3 is 2.93 bits per heavy atom. The first-order valence-corrected chi connectivity index (χ1v) is 9.79. The molecule has 5 nitrogen and oxygen atoms in total. The van der Waals surface area contributed by atoms with Crippen molar-refractivity contribution in [1.82, 2.24) is 9.72 Å². The Hall–Kier alpha value is -2.53. The van der Waals surface area contributed by atoms with Gasteiger partial charge in [-0.15, -0.1) is 0 Å². The number of carbonyl (C=O) groups is 1. The lowest BCUT2D eigenvalue weighted by molar-refractivity contribution is 0.0531. The van der Waals surface area contributed by atoms with Crippen molar-refractivity contribution in [2.24, 2.45) is 0 Å². The molecule has 1 aliphatic heterocycles. The molecule has 3 heterocycles. The summed E-state index contributed by atoms with van der Waals surface area (Å²) in [6, 6.07) is 12.2. The van der Waals surface area contributed by atoms with E-state index < -0.39 is 0 Å². The van der Waals surface area contributed by atoms with Crippen LogP contribution in [0, 0.1) is 0 Å². The molecule has 0 saturated carbocycles. The van der Waals surface area contributed by atoms with E-state index in [1.54, 1.807) is 0 Å². The molecule has 2 atom stereocenters. The highest BCUT2D eigenvalue weighted by molar-refractivity contribution is 6.11. The van der Waals surface area contributed by atoms with E-state index in [4.69, 9.17) is 9.47 Å². The molecule has 1 aliphatic rings. The number of benzene rings is 1. The Morgan fingerprint density at radius 1 is 1.26 bits per heavy atom. The molecule has 2 aromatic heterocycles. The number of pyridine rings is 1. The zero-order valence-electron chi connectivity index (χ0n) is 15.9. The monoisotopic (exact) mass is 366 g/mol. The number of hydrogen-bond donors (Lipinski definition) is 1. The molecule has 27 heavy (non-hydrogen) atoms. The largest absolute Gasteiger partial charge is 0.489 e. The Morgan fingerprint density at radius 2 is 2.15 bits per heavy atom. The number of esters is 1. The molecule has 0 spiro atoms. The van der Waals surface area contributed by atoms with Crippen molar-refractivity contribution < 1.29 is 14.3 Å². The van der Waals surface area contributed by atoms with E-state index in [-0.39, 0.29) is 12.1 Å². The van der Waals surface area contributed by atoms with Crippen molar-refractivity contribution in [2.45, 2.75) is 45.3 Å². The van der Waals surface area contributed by atoms with Crippen LogP contribution >= 0.6 is 0 Å². The highest BCUT2D eigenvalue weighted by Gasteiger charge is 2.22. The molecule has 0 bridgehead atoms. The van der Waals surface area contributed by atoms with Crippen LogP contribution in [0.1, 0.15) is 43.5 Å². The fourth-order valence-electron chi connectivity index (χ4n) is 3.98. The Bertz CT molecular complexity index is 957. The summed E-state index contributed by atoms with van der Waals surface area (Å²) in [7, 11) is 0. The van der Waals surface area contributed by atoms with Gasteiger partial charge < -0.3 is 19.2 Å². The second-order valence-corrected chi connectivity index (χ2v) is 7.11. The normalized spacial score (nSPS) is 18.5. The predicted octanol–water partition coefficient (Wildman–Crippen LogP) is 4.18. The van der Waals surface area contributed by atoms with Gasteiger partial charge in [0, 0.05) is 23.7 Å². The van der Waals surface area contributed by atoms with Gasteiger partial charge in [-0.25, -0.2) is 4.79 Å². The molecule has 142 valence electrons. The van der Waals surface area contributed by atoms with Gasteiger partial charge in [0.1, 0.15) is 11.9 Å². The summed E-state index contributed by atoms with van der Waals surface area (Å²) in [6.07, 6.45) is 5.69. The first-order chi connectivity index (χ1) is 13.2. The molecular formula is C22H26N2O3. The predicted molar refractivity (Wildman–Crippen MR) is 107 cm³/mol. The minimum Gasteiger partial charge on any atom is -0.489 e. The molecule has 0 aliphatic carbocycles. The average Bonchev–Trinajstić information content (AvgIpc) is 3.03. The summed E-state index contributed by atoms with van der Waals surface area (Å²) < 4.78 is 13.5. The lowest BCUT2D eigenvalue weighted by Gasteiger charge is -2.29. The van der Waals surface area contributed by atoms with Gasteiger partial charge in [0.15, 0.2) is 0 Å². The number of nitrogens with zero attached hydrogens (tertiary/aromatic N) is 1. The SMILES string of the molecule is CCOC(=O)c1c2ccc(OC(C)C3CCCCN3)cc2n2ccccc12. The molecule has 1 aromatic carbocycles. The summed E-state index contributed by atoms with van der Waals surface area (Å²) in [5, 5.41) is 4.43. The minimum absolute atomic E-state index is 0.0958. The summed E-state index contributed by atoms with van der Waals surface area (Å²) in [4.78, 5) is 12.5. The number of rotatable bonds is 5. The third-order valence-corrected chi connectivity index (χ3v) is 5.33. The molecule has 1 saturated heterocycles. The Kier molecular flexibility index (Phi) is 5.03. The third-order valence-electron chi connectivity index (χ3n) is 5.33. The first kappa shape index (κ1) is 17.9. The number of piperidine rings is 1. The maximum Gasteiger partial charge on any atom is 0.340 e. The number of hydrogen-bond acceptors (Lipinski definition) is 4. The van der Waals surface area contributed by atoms with E-state index in [9.17, 15) is 4.79 Å². The van der Waals surface area contributed by atoms with Crippen LogP contribution in [0.4, 0.5) is 0 Å². The van der Waals surface area contributed by atoms with Crippen LogP contribution < -0.4 is 10.1 Å². The van der Waals surface area contributed by atoms with Crippen molar-refractivity contribution in [1.29, 1.82) is 0 Å². The Balaban J connectivity index is 1.71.